The lowest BCUT2D eigenvalue weighted by molar-refractivity contribution is 0.246. The SMILES string of the molecule is CCC[C@@H]1CN(c2nc(C)cnc2C)C[C@H]1N(C)C. The van der Waals surface area contributed by atoms with Crippen molar-refractivity contribution in [2.24, 2.45) is 5.92 Å². The first-order valence-corrected chi connectivity index (χ1v) is 7.24. The zero-order valence-electron chi connectivity index (χ0n) is 12.8. The van der Waals surface area contributed by atoms with E-state index < -0.39 is 0 Å². The van der Waals surface area contributed by atoms with E-state index in [4.69, 9.17) is 0 Å². The van der Waals surface area contributed by atoms with Crippen LogP contribution in [0.15, 0.2) is 6.20 Å². The Hall–Kier alpha value is -1.16. The second kappa shape index (κ2) is 5.87. The lowest BCUT2D eigenvalue weighted by Crippen LogP contribution is -2.35. The minimum absolute atomic E-state index is 0.627. The molecule has 4 nitrogen and oxygen atoms in total. The van der Waals surface area contributed by atoms with Gasteiger partial charge in [-0.1, -0.05) is 13.3 Å². The summed E-state index contributed by atoms with van der Waals surface area (Å²) in [6.45, 7) is 8.51. The molecule has 0 aromatic carbocycles. The molecule has 0 aliphatic carbocycles. The third-order valence-corrected chi connectivity index (χ3v) is 4.08. The van der Waals surface area contributed by atoms with Crippen molar-refractivity contribution in [2.45, 2.75) is 39.7 Å². The summed E-state index contributed by atoms with van der Waals surface area (Å²) in [6, 6.07) is 0.627. The van der Waals surface area contributed by atoms with Gasteiger partial charge >= 0.3 is 0 Å². The van der Waals surface area contributed by atoms with E-state index in [0.717, 1.165) is 36.2 Å². The van der Waals surface area contributed by atoms with Crippen LogP contribution in [-0.4, -0.2) is 48.1 Å². The van der Waals surface area contributed by atoms with Gasteiger partial charge in [0.15, 0.2) is 0 Å². The summed E-state index contributed by atoms with van der Waals surface area (Å²) < 4.78 is 0. The van der Waals surface area contributed by atoms with Crippen LogP contribution in [0.2, 0.25) is 0 Å². The predicted octanol–water partition coefficient (Wildman–Crippen LogP) is 2.26. The zero-order chi connectivity index (χ0) is 14.0. The van der Waals surface area contributed by atoms with E-state index in [0.29, 0.717) is 6.04 Å². The van der Waals surface area contributed by atoms with Crippen molar-refractivity contribution in [2.75, 3.05) is 32.1 Å². The Bertz CT molecular complexity index is 430. The van der Waals surface area contributed by atoms with Crippen LogP contribution in [0, 0.1) is 19.8 Å². The lowest BCUT2D eigenvalue weighted by Gasteiger charge is -2.24. The molecule has 2 rings (SSSR count). The number of rotatable bonds is 4. The molecule has 0 N–H and O–H groups in total. The van der Waals surface area contributed by atoms with Crippen LogP contribution < -0.4 is 4.90 Å². The van der Waals surface area contributed by atoms with Gasteiger partial charge in [0.1, 0.15) is 5.82 Å². The monoisotopic (exact) mass is 262 g/mol. The van der Waals surface area contributed by atoms with Gasteiger partial charge < -0.3 is 9.80 Å². The van der Waals surface area contributed by atoms with Crippen LogP contribution >= 0.6 is 0 Å². The second-order valence-corrected chi connectivity index (χ2v) is 5.91. The van der Waals surface area contributed by atoms with Gasteiger partial charge in [0.25, 0.3) is 0 Å². The van der Waals surface area contributed by atoms with Crippen LogP contribution in [0.25, 0.3) is 0 Å². The number of hydrogen-bond acceptors (Lipinski definition) is 4. The lowest BCUT2D eigenvalue weighted by atomic mass is 9.98. The Morgan fingerprint density at radius 2 is 2.05 bits per heavy atom. The zero-order valence-corrected chi connectivity index (χ0v) is 12.8. The molecule has 0 unspecified atom stereocenters. The van der Waals surface area contributed by atoms with Gasteiger partial charge in [0.05, 0.1) is 11.4 Å². The molecule has 2 heterocycles. The van der Waals surface area contributed by atoms with Crippen molar-refractivity contribution in [1.82, 2.24) is 14.9 Å². The van der Waals surface area contributed by atoms with E-state index >= 15 is 0 Å². The molecule has 0 amide bonds. The van der Waals surface area contributed by atoms with E-state index in [-0.39, 0.29) is 0 Å². The summed E-state index contributed by atoms with van der Waals surface area (Å²) in [5.41, 5.74) is 2.04. The fourth-order valence-corrected chi connectivity index (χ4v) is 3.09. The molecule has 4 heteroatoms. The molecule has 106 valence electrons. The van der Waals surface area contributed by atoms with E-state index in [1.54, 1.807) is 0 Å². The molecule has 0 saturated carbocycles. The maximum atomic E-state index is 4.69. The number of likely N-dealkylation sites (N-methyl/N-ethyl adjacent to an activating group) is 1. The number of anilines is 1. The summed E-state index contributed by atoms with van der Waals surface area (Å²) in [5.74, 6) is 1.81. The minimum atomic E-state index is 0.627. The second-order valence-electron chi connectivity index (χ2n) is 5.91. The van der Waals surface area contributed by atoms with Gasteiger partial charge in [-0.2, -0.15) is 0 Å². The molecule has 1 aromatic heterocycles. The predicted molar refractivity (Wildman–Crippen MR) is 79.6 cm³/mol. The number of hydrogen-bond donors (Lipinski definition) is 0. The highest BCUT2D eigenvalue weighted by atomic mass is 15.3. The molecule has 1 aromatic rings. The average molecular weight is 262 g/mol. The van der Waals surface area contributed by atoms with Crippen molar-refractivity contribution in [3.8, 4) is 0 Å². The van der Waals surface area contributed by atoms with Crippen LogP contribution in [0.3, 0.4) is 0 Å². The van der Waals surface area contributed by atoms with Crippen molar-refractivity contribution in [1.29, 1.82) is 0 Å². The summed E-state index contributed by atoms with van der Waals surface area (Å²) in [7, 11) is 4.37. The van der Waals surface area contributed by atoms with Crippen molar-refractivity contribution in [3.05, 3.63) is 17.6 Å². The van der Waals surface area contributed by atoms with Gasteiger partial charge in [-0.3, -0.25) is 4.98 Å². The maximum Gasteiger partial charge on any atom is 0.150 e. The quantitative estimate of drug-likeness (QED) is 0.833. The van der Waals surface area contributed by atoms with Crippen LogP contribution in [-0.2, 0) is 0 Å². The van der Waals surface area contributed by atoms with Crippen molar-refractivity contribution < 1.29 is 0 Å². The Morgan fingerprint density at radius 1 is 1.32 bits per heavy atom. The smallest absolute Gasteiger partial charge is 0.150 e. The topological polar surface area (TPSA) is 32.3 Å². The third kappa shape index (κ3) is 3.06. The fraction of sp³-hybridized carbons (Fsp3) is 0.733. The van der Waals surface area contributed by atoms with E-state index in [1.807, 2.05) is 13.1 Å². The molecule has 0 bridgehead atoms. The number of aromatic nitrogens is 2. The molecule has 0 radical (unpaired) electrons. The molecule has 1 aliphatic rings. The van der Waals surface area contributed by atoms with Gasteiger partial charge in [-0.25, -0.2) is 4.98 Å². The standard InChI is InChI=1S/C15H26N4/c1-6-7-13-9-19(10-14(13)18(4)5)15-12(3)16-8-11(2)17-15/h8,13-14H,6-7,9-10H2,1-5H3/t13-,14-/m1/s1. The summed E-state index contributed by atoms with van der Waals surface area (Å²) >= 11 is 0. The van der Waals surface area contributed by atoms with Crippen molar-refractivity contribution >= 4 is 5.82 Å². The number of aryl methyl sites for hydroxylation is 2. The van der Waals surface area contributed by atoms with E-state index in [9.17, 15) is 0 Å². The molecule has 1 aliphatic heterocycles. The van der Waals surface area contributed by atoms with Crippen LogP contribution in [0.4, 0.5) is 5.82 Å². The summed E-state index contributed by atoms with van der Waals surface area (Å²) in [5, 5.41) is 0. The van der Waals surface area contributed by atoms with E-state index in [1.165, 1.54) is 12.8 Å². The van der Waals surface area contributed by atoms with Gasteiger partial charge in [0.2, 0.25) is 0 Å². The highest BCUT2D eigenvalue weighted by molar-refractivity contribution is 5.45. The first kappa shape index (κ1) is 14.3. The maximum absolute atomic E-state index is 4.69. The molecule has 19 heavy (non-hydrogen) atoms. The minimum Gasteiger partial charge on any atom is -0.353 e. The highest BCUT2D eigenvalue weighted by Crippen LogP contribution is 2.29. The average Bonchev–Trinajstić information content (AvgIpc) is 2.77. The first-order chi connectivity index (χ1) is 9.02. The molecule has 1 saturated heterocycles. The molecule has 1 fully saturated rings. The summed E-state index contributed by atoms with van der Waals surface area (Å²) in [6.07, 6.45) is 4.39. The molecular weight excluding hydrogens is 236 g/mol. The van der Waals surface area contributed by atoms with Crippen LogP contribution in [0.1, 0.15) is 31.2 Å². The van der Waals surface area contributed by atoms with Gasteiger partial charge in [-0.15, -0.1) is 0 Å². The Kier molecular flexibility index (Phi) is 4.40. The Morgan fingerprint density at radius 3 is 2.68 bits per heavy atom. The summed E-state index contributed by atoms with van der Waals surface area (Å²) in [4.78, 5) is 13.9. The third-order valence-electron chi connectivity index (χ3n) is 4.08. The fourth-order valence-electron chi connectivity index (χ4n) is 3.09. The Labute approximate surface area is 116 Å². The number of nitrogens with zero attached hydrogens (tertiary/aromatic N) is 4. The first-order valence-electron chi connectivity index (χ1n) is 7.24. The molecule has 2 atom stereocenters. The van der Waals surface area contributed by atoms with Gasteiger partial charge in [0, 0.05) is 25.3 Å². The normalized spacial score (nSPS) is 23.4. The van der Waals surface area contributed by atoms with Gasteiger partial charge in [-0.05, 0) is 40.3 Å². The molecule has 0 spiro atoms. The van der Waals surface area contributed by atoms with Crippen molar-refractivity contribution in [3.63, 3.8) is 0 Å². The highest BCUT2D eigenvalue weighted by Gasteiger charge is 2.34. The Balaban J connectivity index is 2.20. The largest absolute Gasteiger partial charge is 0.353 e. The molecular formula is C15H26N4. The van der Waals surface area contributed by atoms with Crippen LogP contribution in [0.5, 0.6) is 0 Å². The van der Waals surface area contributed by atoms with E-state index in [2.05, 4.69) is 47.7 Å².